The summed E-state index contributed by atoms with van der Waals surface area (Å²) in [6.45, 7) is 3.85. The first-order valence-corrected chi connectivity index (χ1v) is 5.64. The van der Waals surface area contributed by atoms with Crippen molar-refractivity contribution in [1.82, 2.24) is 10.6 Å². The lowest BCUT2D eigenvalue weighted by molar-refractivity contribution is -0.120. The summed E-state index contributed by atoms with van der Waals surface area (Å²) >= 11 is 0. The van der Waals surface area contributed by atoms with Gasteiger partial charge in [-0.2, -0.15) is 0 Å². The molecule has 94 valence electrons. The van der Waals surface area contributed by atoms with Gasteiger partial charge in [-0.15, -0.1) is 0 Å². The summed E-state index contributed by atoms with van der Waals surface area (Å²) in [4.78, 5) is 11.1. The molecule has 0 heterocycles. The molecular weight excluding hydrogens is 208 g/mol. The van der Waals surface area contributed by atoms with Gasteiger partial charge in [0, 0.05) is 13.0 Å². The second kappa shape index (κ2) is 10.2. The Labute approximate surface area is 96.3 Å². The number of rotatable bonds is 9. The van der Waals surface area contributed by atoms with Crippen LogP contribution in [0.3, 0.4) is 0 Å². The number of nitrogens with two attached hydrogens (primary N) is 1. The number of nitrogens with zero attached hydrogens (tertiary/aromatic N) is 1. The molecule has 0 atom stereocenters. The fraction of sp³-hybridized carbons (Fsp3) is 0.800. The van der Waals surface area contributed by atoms with E-state index in [1.54, 1.807) is 0 Å². The average molecular weight is 230 g/mol. The molecule has 0 aromatic rings. The first kappa shape index (κ1) is 14.7. The maximum Gasteiger partial charge on any atom is 0.233 e. The summed E-state index contributed by atoms with van der Waals surface area (Å²) in [6.07, 6.45) is 3.28. The maximum atomic E-state index is 11.1. The van der Waals surface area contributed by atoms with Crippen molar-refractivity contribution < 1.29 is 10.0 Å². The Morgan fingerprint density at radius 1 is 1.38 bits per heavy atom. The van der Waals surface area contributed by atoms with Crippen LogP contribution < -0.4 is 16.4 Å². The molecule has 0 fully saturated rings. The second-order valence-electron chi connectivity index (χ2n) is 3.58. The Balaban J connectivity index is 3.23. The van der Waals surface area contributed by atoms with Crippen molar-refractivity contribution in [3.05, 3.63) is 0 Å². The van der Waals surface area contributed by atoms with Crippen molar-refractivity contribution >= 4 is 11.7 Å². The van der Waals surface area contributed by atoms with Gasteiger partial charge in [-0.25, -0.2) is 0 Å². The molecule has 0 bridgehead atoms. The van der Waals surface area contributed by atoms with Gasteiger partial charge in [-0.05, 0) is 25.8 Å². The molecule has 0 rings (SSSR count). The predicted molar refractivity (Wildman–Crippen MR) is 63.4 cm³/mol. The van der Waals surface area contributed by atoms with Gasteiger partial charge in [0.15, 0.2) is 0 Å². The third kappa shape index (κ3) is 9.26. The Morgan fingerprint density at radius 3 is 2.75 bits per heavy atom. The van der Waals surface area contributed by atoms with Crippen LogP contribution in [-0.4, -0.2) is 36.6 Å². The molecule has 0 saturated carbocycles. The van der Waals surface area contributed by atoms with Crippen LogP contribution in [0.2, 0.25) is 0 Å². The molecule has 16 heavy (non-hydrogen) atoms. The van der Waals surface area contributed by atoms with E-state index in [2.05, 4.69) is 15.8 Å². The lowest BCUT2D eigenvalue weighted by Crippen LogP contribution is -2.34. The summed E-state index contributed by atoms with van der Waals surface area (Å²) in [5.74, 6) is 0.277. The fourth-order valence-electron chi connectivity index (χ4n) is 1.13. The van der Waals surface area contributed by atoms with E-state index in [9.17, 15) is 4.79 Å². The van der Waals surface area contributed by atoms with Crippen LogP contribution in [0.15, 0.2) is 5.16 Å². The van der Waals surface area contributed by atoms with Gasteiger partial charge in [0.25, 0.3) is 0 Å². The third-order valence-corrected chi connectivity index (χ3v) is 2.02. The Hall–Kier alpha value is -1.30. The highest BCUT2D eigenvalue weighted by molar-refractivity contribution is 5.79. The zero-order valence-electron chi connectivity index (χ0n) is 9.83. The van der Waals surface area contributed by atoms with Gasteiger partial charge >= 0.3 is 0 Å². The Bertz CT molecular complexity index is 219. The van der Waals surface area contributed by atoms with Crippen molar-refractivity contribution in [2.45, 2.75) is 32.6 Å². The largest absolute Gasteiger partial charge is 0.409 e. The van der Waals surface area contributed by atoms with Crippen molar-refractivity contribution in [3.8, 4) is 0 Å². The summed E-state index contributed by atoms with van der Waals surface area (Å²) in [7, 11) is 0. The number of carbonyl (C=O) groups excluding carboxylic acids is 1. The topological polar surface area (TPSA) is 99.7 Å². The van der Waals surface area contributed by atoms with Gasteiger partial charge < -0.3 is 21.6 Å². The molecule has 0 aliphatic carbocycles. The van der Waals surface area contributed by atoms with E-state index < -0.39 is 0 Å². The summed E-state index contributed by atoms with van der Waals surface area (Å²) in [5.41, 5.74) is 5.31. The summed E-state index contributed by atoms with van der Waals surface area (Å²) in [6, 6.07) is 0. The molecule has 0 aliphatic rings. The molecule has 0 unspecified atom stereocenters. The van der Waals surface area contributed by atoms with Gasteiger partial charge in [0.1, 0.15) is 5.84 Å². The van der Waals surface area contributed by atoms with E-state index in [1.165, 1.54) is 0 Å². The Morgan fingerprint density at radius 2 is 2.12 bits per heavy atom. The number of carbonyl (C=O) groups is 1. The van der Waals surface area contributed by atoms with Crippen molar-refractivity contribution in [3.63, 3.8) is 0 Å². The van der Waals surface area contributed by atoms with E-state index in [1.807, 2.05) is 6.92 Å². The summed E-state index contributed by atoms with van der Waals surface area (Å²) < 4.78 is 0. The van der Waals surface area contributed by atoms with Crippen LogP contribution in [0.4, 0.5) is 0 Å². The van der Waals surface area contributed by atoms with Crippen molar-refractivity contribution in [2.75, 3.05) is 19.6 Å². The number of amidine groups is 1. The van der Waals surface area contributed by atoms with Crippen LogP contribution >= 0.6 is 0 Å². The van der Waals surface area contributed by atoms with Gasteiger partial charge in [0.05, 0.1) is 6.54 Å². The molecular formula is C10H22N4O2. The fourth-order valence-corrected chi connectivity index (χ4v) is 1.13. The quantitative estimate of drug-likeness (QED) is 0.147. The zero-order chi connectivity index (χ0) is 12.2. The molecule has 0 aromatic heterocycles. The van der Waals surface area contributed by atoms with E-state index in [4.69, 9.17) is 10.9 Å². The average Bonchev–Trinajstić information content (AvgIpc) is 2.30. The number of nitrogens with one attached hydrogen (secondary N) is 2. The molecule has 0 saturated heterocycles. The highest BCUT2D eigenvalue weighted by Gasteiger charge is 1.98. The lowest BCUT2D eigenvalue weighted by Gasteiger charge is -2.05. The standard InChI is InChI=1S/C10H22N4O2/c1-2-6-13-10(15)8-12-7-4-3-5-9(11)14-16/h12,16H,2-8H2,1H3,(H2,11,14)(H,13,15). The minimum absolute atomic E-state index is 0.0262. The number of amides is 1. The maximum absolute atomic E-state index is 11.1. The van der Waals surface area contributed by atoms with E-state index >= 15 is 0 Å². The van der Waals surface area contributed by atoms with Gasteiger partial charge in [-0.1, -0.05) is 12.1 Å². The highest BCUT2D eigenvalue weighted by Crippen LogP contribution is 1.93. The van der Waals surface area contributed by atoms with E-state index in [-0.39, 0.29) is 11.7 Å². The highest BCUT2D eigenvalue weighted by atomic mass is 16.4. The number of hydrogen-bond acceptors (Lipinski definition) is 4. The van der Waals surface area contributed by atoms with E-state index in [0.717, 1.165) is 32.4 Å². The van der Waals surface area contributed by atoms with Crippen LogP contribution in [-0.2, 0) is 4.79 Å². The van der Waals surface area contributed by atoms with Crippen LogP contribution in [0.1, 0.15) is 32.6 Å². The summed E-state index contributed by atoms with van der Waals surface area (Å²) in [5, 5.41) is 17.0. The van der Waals surface area contributed by atoms with Crippen LogP contribution in [0, 0.1) is 0 Å². The number of hydrogen-bond donors (Lipinski definition) is 4. The number of unbranched alkanes of at least 4 members (excludes halogenated alkanes) is 1. The molecule has 1 amide bonds. The predicted octanol–water partition coefficient (Wildman–Crippen LogP) is 0.0189. The van der Waals surface area contributed by atoms with E-state index in [0.29, 0.717) is 13.0 Å². The zero-order valence-corrected chi connectivity index (χ0v) is 9.83. The molecule has 5 N–H and O–H groups in total. The van der Waals surface area contributed by atoms with Crippen LogP contribution in [0.5, 0.6) is 0 Å². The minimum atomic E-state index is 0.0262. The normalized spacial score (nSPS) is 11.4. The third-order valence-electron chi connectivity index (χ3n) is 2.02. The molecule has 0 aliphatic heterocycles. The molecule has 0 aromatic carbocycles. The molecule has 0 spiro atoms. The smallest absolute Gasteiger partial charge is 0.233 e. The van der Waals surface area contributed by atoms with Crippen LogP contribution in [0.25, 0.3) is 0 Å². The monoisotopic (exact) mass is 230 g/mol. The molecule has 0 radical (unpaired) electrons. The lowest BCUT2D eigenvalue weighted by atomic mass is 10.2. The SMILES string of the molecule is CCCNC(=O)CNCCCCC(N)=NO. The first-order chi connectivity index (χ1) is 7.70. The number of oxime groups is 1. The first-order valence-electron chi connectivity index (χ1n) is 5.64. The van der Waals surface area contributed by atoms with Crippen molar-refractivity contribution in [2.24, 2.45) is 10.9 Å². The molecule has 6 heteroatoms. The van der Waals surface area contributed by atoms with Gasteiger partial charge in [-0.3, -0.25) is 4.79 Å². The second-order valence-corrected chi connectivity index (χ2v) is 3.58. The van der Waals surface area contributed by atoms with Crippen molar-refractivity contribution in [1.29, 1.82) is 0 Å². The van der Waals surface area contributed by atoms with Gasteiger partial charge in [0.2, 0.25) is 5.91 Å². The minimum Gasteiger partial charge on any atom is -0.409 e. The molecule has 6 nitrogen and oxygen atoms in total. The Kier molecular flexibility index (Phi) is 9.39.